The van der Waals surface area contributed by atoms with Crippen molar-refractivity contribution in [2.24, 2.45) is 50.3 Å². The molecule has 37 heavy (non-hydrogen) atoms. The summed E-state index contributed by atoms with van der Waals surface area (Å²) in [6, 6.07) is -0.00865. The van der Waals surface area contributed by atoms with Crippen LogP contribution in [0.1, 0.15) is 105 Å². The smallest absolute Gasteiger partial charge is 0.235 e. The first-order valence-electron chi connectivity index (χ1n) is 14.6. The Labute approximate surface area is 221 Å². The predicted molar refractivity (Wildman–Crippen MR) is 143 cm³/mol. The Hall–Kier alpha value is -2.00. The van der Waals surface area contributed by atoms with E-state index < -0.39 is 0 Å². The number of nitrogens with zero attached hydrogens (tertiary/aromatic N) is 2. The van der Waals surface area contributed by atoms with Gasteiger partial charge < -0.3 is 4.52 Å². The summed E-state index contributed by atoms with van der Waals surface area (Å²) in [7, 11) is 0. The van der Waals surface area contributed by atoms with Crippen LogP contribution < -0.4 is 0 Å². The Balaban J connectivity index is 1.48. The van der Waals surface area contributed by atoms with Gasteiger partial charge in [-0.25, -0.2) is 9.79 Å². The molecular formula is C32H44N2O3. The Morgan fingerprint density at radius 1 is 1.08 bits per heavy atom. The second-order valence-electron chi connectivity index (χ2n) is 15.1. The van der Waals surface area contributed by atoms with Gasteiger partial charge in [0.15, 0.2) is 5.78 Å². The summed E-state index contributed by atoms with van der Waals surface area (Å²) in [5.41, 5.74) is 2.39. The number of allylic oxidation sites excluding steroid dienone is 2. The number of rotatable bonds is 2. The van der Waals surface area contributed by atoms with Crippen LogP contribution in [0.5, 0.6) is 0 Å². The molecular weight excluding hydrogens is 460 g/mol. The number of hydrogen-bond acceptors (Lipinski definition) is 5. The van der Waals surface area contributed by atoms with Crippen molar-refractivity contribution in [1.82, 2.24) is 5.16 Å². The number of carbonyl (C=O) groups is 1. The molecule has 1 aromatic rings. The molecule has 0 radical (unpaired) electrons. The van der Waals surface area contributed by atoms with Crippen LogP contribution in [0.4, 0.5) is 0 Å². The average Bonchev–Trinajstić information content (AvgIpc) is 3.28. The topological polar surface area (TPSA) is 72.5 Å². The quantitative estimate of drug-likeness (QED) is 0.321. The fourth-order valence-electron chi connectivity index (χ4n) is 11.0. The van der Waals surface area contributed by atoms with Gasteiger partial charge in [0.1, 0.15) is 5.76 Å². The van der Waals surface area contributed by atoms with Gasteiger partial charge in [0.2, 0.25) is 6.08 Å². The van der Waals surface area contributed by atoms with E-state index in [1.165, 1.54) is 11.1 Å². The number of aliphatic imine (C=N–C) groups is 1. The van der Waals surface area contributed by atoms with Gasteiger partial charge in [-0.3, -0.25) is 4.79 Å². The highest BCUT2D eigenvalue weighted by molar-refractivity contribution is 5.95. The van der Waals surface area contributed by atoms with E-state index in [-0.39, 0.29) is 45.0 Å². The summed E-state index contributed by atoms with van der Waals surface area (Å²) in [6.07, 6.45) is 14.1. The minimum absolute atomic E-state index is 0.00335. The SMILES string of the molecule is CC[C@]1(C)c2oncc2C[C@]2(C)C3=CC(=O)[C@@H]4[C@@H]5CC(C)(C)C[C@@H](N=C=O)C5CC[C@@]4(C)[C@]3(C)CC[C@H]21. The summed E-state index contributed by atoms with van der Waals surface area (Å²) in [4.78, 5) is 30.0. The summed E-state index contributed by atoms with van der Waals surface area (Å²) in [5.74, 6) is 2.39. The van der Waals surface area contributed by atoms with Crippen LogP contribution in [-0.4, -0.2) is 23.1 Å². The maximum atomic E-state index is 14.4. The number of hydrogen-bond donors (Lipinski definition) is 0. The summed E-state index contributed by atoms with van der Waals surface area (Å²) >= 11 is 0. The van der Waals surface area contributed by atoms with E-state index in [1.807, 2.05) is 12.3 Å². The lowest BCUT2D eigenvalue weighted by Crippen LogP contribution is -2.64. The largest absolute Gasteiger partial charge is 0.361 e. The van der Waals surface area contributed by atoms with Crippen molar-refractivity contribution < 1.29 is 14.1 Å². The number of isocyanates is 1. The highest BCUT2D eigenvalue weighted by atomic mass is 16.5. The molecule has 1 unspecified atom stereocenters. The lowest BCUT2D eigenvalue weighted by molar-refractivity contribution is -0.156. The molecule has 0 saturated heterocycles. The van der Waals surface area contributed by atoms with E-state index in [4.69, 9.17) is 4.52 Å². The first-order valence-corrected chi connectivity index (χ1v) is 14.6. The zero-order valence-electron chi connectivity index (χ0n) is 23.8. The molecule has 6 rings (SSSR count). The van der Waals surface area contributed by atoms with Crippen LogP contribution in [0.25, 0.3) is 0 Å². The predicted octanol–water partition coefficient (Wildman–Crippen LogP) is 7.00. The normalized spacial score (nSPS) is 47.8. The zero-order valence-corrected chi connectivity index (χ0v) is 23.8. The molecule has 1 heterocycles. The molecule has 0 amide bonds. The van der Waals surface area contributed by atoms with Gasteiger partial charge in [-0.15, -0.1) is 0 Å². The molecule has 0 aromatic carbocycles. The Morgan fingerprint density at radius 2 is 1.84 bits per heavy atom. The fourth-order valence-corrected chi connectivity index (χ4v) is 11.0. The van der Waals surface area contributed by atoms with Crippen molar-refractivity contribution in [1.29, 1.82) is 0 Å². The number of carbonyl (C=O) groups excluding carboxylic acids is 2. The van der Waals surface area contributed by atoms with E-state index in [9.17, 15) is 9.59 Å². The van der Waals surface area contributed by atoms with Crippen LogP contribution >= 0.6 is 0 Å². The lowest BCUT2D eigenvalue weighted by atomic mass is 9.35. The number of aromatic nitrogens is 1. The van der Waals surface area contributed by atoms with E-state index in [0.29, 0.717) is 17.6 Å². The Bertz CT molecular complexity index is 1220. The van der Waals surface area contributed by atoms with Crippen molar-refractivity contribution in [3.8, 4) is 0 Å². The van der Waals surface area contributed by atoms with E-state index >= 15 is 0 Å². The van der Waals surface area contributed by atoms with Gasteiger partial charge in [0.05, 0.1) is 12.2 Å². The molecule has 0 N–H and O–H groups in total. The highest BCUT2D eigenvalue weighted by Gasteiger charge is 2.68. The third-order valence-corrected chi connectivity index (χ3v) is 12.9. The molecule has 5 nitrogen and oxygen atoms in total. The molecule has 5 aliphatic carbocycles. The van der Waals surface area contributed by atoms with Crippen molar-refractivity contribution >= 4 is 11.9 Å². The van der Waals surface area contributed by atoms with Gasteiger partial charge in [-0.1, -0.05) is 59.2 Å². The average molecular weight is 505 g/mol. The summed E-state index contributed by atoms with van der Waals surface area (Å²) in [5, 5.41) is 4.23. The lowest BCUT2D eigenvalue weighted by Gasteiger charge is -2.68. The maximum absolute atomic E-state index is 14.4. The van der Waals surface area contributed by atoms with Crippen molar-refractivity contribution in [3.05, 3.63) is 29.2 Å². The fraction of sp³-hybridized carbons (Fsp3) is 0.781. The van der Waals surface area contributed by atoms with Crippen LogP contribution in [0.15, 0.2) is 27.4 Å². The number of fused-ring (bicyclic) bond motifs is 8. The summed E-state index contributed by atoms with van der Waals surface area (Å²) < 4.78 is 5.88. The molecule has 1 aromatic heterocycles. The van der Waals surface area contributed by atoms with Gasteiger partial charge in [0, 0.05) is 16.9 Å². The van der Waals surface area contributed by atoms with Crippen LogP contribution in [-0.2, 0) is 21.4 Å². The first-order chi connectivity index (χ1) is 17.3. The van der Waals surface area contributed by atoms with E-state index in [0.717, 1.165) is 57.1 Å². The molecule has 0 spiro atoms. The molecule has 0 aliphatic heterocycles. The van der Waals surface area contributed by atoms with Gasteiger partial charge in [0.25, 0.3) is 0 Å². The standard InChI is InChI=1S/C32H44N2O3/c1-8-29(4)24-10-12-31(6)25(30(24,5)14-19-17-34-37-27(19)29)13-23(36)26-21-15-28(2,3)16-22(33-18-35)20(21)9-11-32(26,31)7/h13,17,20-22,24,26H,8-12,14-16H2,1-7H3/t20?,21-,22-,24+,26+,29+,30+,31-,32-/m1/s1. The van der Waals surface area contributed by atoms with Crippen molar-refractivity contribution in [3.63, 3.8) is 0 Å². The third kappa shape index (κ3) is 3.10. The van der Waals surface area contributed by atoms with Crippen molar-refractivity contribution in [2.45, 2.75) is 111 Å². The van der Waals surface area contributed by atoms with Gasteiger partial charge in [-0.2, -0.15) is 0 Å². The molecule has 5 heteroatoms. The Morgan fingerprint density at radius 3 is 2.54 bits per heavy atom. The summed E-state index contributed by atoms with van der Waals surface area (Å²) in [6.45, 7) is 16.6. The molecule has 200 valence electrons. The van der Waals surface area contributed by atoms with Crippen LogP contribution in [0.2, 0.25) is 0 Å². The van der Waals surface area contributed by atoms with Gasteiger partial charge in [-0.05, 0) is 96.9 Å². The Kier molecular flexibility index (Phi) is 5.32. The maximum Gasteiger partial charge on any atom is 0.235 e. The molecule has 3 saturated carbocycles. The minimum Gasteiger partial charge on any atom is -0.361 e. The molecule has 9 atom stereocenters. The zero-order chi connectivity index (χ0) is 26.6. The third-order valence-electron chi connectivity index (χ3n) is 12.9. The second-order valence-corrected chi connectivity index (χ2v) is 15.1. The molecule has 0 bridgehead atoms. The van der Waals surface area contributed by atoms with Crippen molar-refractivity contribution in [2.75, 3.05) is 0 Å². The first kappa shape index (κ1) is 25.3. The van der Waals surface area contributed by atoms with E-state index in [1.54, 1.807) is 0 Å². The van der Waals surface area contributed by atoms with Crippen LogP contribution in [0, 0.1) is 45.3 Å². The molecule has 3 fully saturated rings. The monoisotopic (exact) mass is 504 g/mol. The second kappa shape index (κ2) is 7.78. The van der Waals surface area contributed by atoms with E-state index in [2.05, 4.69) is 64.7 Å². The number of ketones is 1. The molecule has 5 aliphatic rings. The van der Waals surface area contributed by atoms with Gasteiger partial charge >= 0.3 is 0 Å². The minimum atomic E-state index is -0.0935. The van der Waals surface area contributed by atoms with Crippen LogP contribution in [0.3, 0.4) is 0 Å². The highest BCUT2D eigenvalue weighted by Crippen LogP contribution is 2.73.